The molecular weight excluding hydrogens is 505 g/mol. The van der Waals surface area contributed by atoms with Crippen molar-refractivity contribution in [2.24, 2.45) is 5.73 Å². The summed E-state index contributed by atoms with van der Waals surface area (Å²) < 4.78 is 1.70. The third kappa shape index (κ3) is 6.14. The molecule has 3 aromatic heterocycles. The molecule has 4 heterocycles. The second-order valence-corrected chi connectivity index (χ2v) is 11.7. The molecule has 7 nitrogen and oxygen atoms in total. The van der Waals surface area contributed by atoms with Gasteiger partial charge in [-0.1, -0.05) is 42.1 Å². The molecule has 1 aliphatic rings. The summed E-state index contributed by atoms with van der Waals surface area (Å²) in [6.07, 6.45) is 7.14. The Balaban J connectivity index is 1.34. The van der Waals surface area contributed by atoms with Gasteiger partial charge in [0.15, 0.2) is 0 Å². The van der Waals surface area contributed by atoms with Crippen LogP contribution in [0.1, 0.15) is 55.9 Å². The number of benzene rings is 1. The van der Waals surface area contributed by atoms with Crippen molar-refractivity contribution in [1.29, 1.82) is 5.26 Å². The minimum absolute atomic E-state index is 0.0779. The molecule has 0 atom stereocenters. The molecule has 204 valence electrons. The number of pyridine rings is 2. The summed E-state index contributed by atoms with van der Waals surface area (Å²) in [5, 5.41) is 17.8. The normalized spacial score (nSPS) is 14.7. The Bertz CT molecular complexity index is 1720. The van der Waals surface area contributed by atoms with Crippen LogP contribution in [0.2, 0.25) is 0 Å². The molecule has 0 aliphatic carbocycles. The number of nitrogens with one attached hydrogen (secondary N) is 1. The van der Waals surface area contributed by atoms with Crippen LogP contribution in [0.4, 0.5) is 5.82 Å². The molecule has 4 aromatic rings. The summed E-state index contributed by atoms with van der Waals surface area (Å²) in [5.41, 5.74) is 13.0. The molecule has 0 spiro atoms. The maximum atomic E-state index is 9.69. The Morgan fingerprint density at radius 3 is 2.59 bits per heavy atom. The van der Waals surface area contributed by atoms with E-state index in [0.717, 1.165) is 76.2 Å². The monoisotopic (exact) mass is 539 g/mol. The lowest BCUT2D eigenvalue weighted by Gasteiger charge is -2.41. The zero-order valence-electron chi connectivity index (χ0n) is 24.1. The van der Waals surface area contributed by atoms with Crippen LogP contribution in [-0.4, -0.2) is 46.6 Å². The zero-order chi connectivity index (χ0) is 29.4. The Morgan fingerprint density at radius 2 is 1.93 bits per heavy atom. The smallest absolute Gasteiger partial charge is 0.128 e. The van der Waals surface area contributed by atoms with Gasteiger partial charge in [0, 0.05) is 53.4 Å². The predicted molar refractivity (Wildman–Crippen MR) is 167 cm³/mol. The van der Waals surface area contributed by atoms with Crippen LogP contribution in [-0.2, 0) is 0 Å². The predicted octanol–water partition coefficient (Wildman–Crippen LogP) is 4.08. The lowest BCUT2D eigenvalue weighted by Crippen LogP contribution is -2.50. The van der Waals surface area contributed by atoms with Crippen molar-refractivity contribution in [1.82, 2.24) is 19.9 Å². The maximum absolute atomic E-state index is 9.69. The van der Waals surface area contributed by atoms with Gasteiger partial charge in [-0.05, 0) is 69.9 Å². The highest BCUT2D eigenvalue weighted by molar-refractivity contribution is 6.32. The van der Waals surface area contributed by atoms with E-state index in [9.17, 15) is 5.26 Å². The van der Waals surface area contributed by atoms with E-state index in [1.807, 2.05) is 62.6 Å². The van der Waals surface area contributed by atoms with Gasteiger partial charge in [0.05, 0.1) is 22.8 Å². The number of aryl methyl sites for hydroxylation is 1. The number of aromatic nitrogens is 3. The Hall–Kier alpha value is -4.53. The van der Waals surface area contributed by atoms with Crippen LogP contribution in [0.25, 0.3) is 22.3 Å². The molecule has 0 bridgehead atoms. The third-order valence-corrected chi connectivity index (χ3v) is 7.55. The second-order valence-electron chi connectivity index (χ2n) is 11.7. The molecule has 2 radical (unpaired) electrons. The van der Waals surface area contributed by atoms with E-state index < -0.39 is 5.54 Å². The van der Waals surface area contributed by atoms with Crippen molar-refractivity contribution in [3.63, 3.8) is 0 Å². The van der Waals surface area contributed by atoms with Gasteiger partial charge in [-0.3, -0.25) is 0 Å². The average molecular weight is 539 g/mol. The first kappa shape index (κ1) is 28.0. The molecular formula is C33H34BN7. The van der Waals surface area contributed by atoms with Crippen LogP contribution in [0.15, 0.2) is 61.6 Å². The lowest BCUT2D eigenvalue weighted by molar-refractivity contribution is 0.321. The number of rotatable bonds is 5. The molecule has 0 amide bonds. The van der Waals surface area contributed by atoms with Crippen molar-refractivity contribution in [3.05, 3.63) is 83.8 Å². The quantitative estimate of drug-likeness (QED) is 0.293. The number of piperidine rings is 1. The van der Waals surface area contributed by atoms with Gasteiger partial charge in [-0.15, -0.1) is 0 Å². The summed E-state index contributed by atoms with van der Waals surface area (Å²) in [6.45, 7) is 14.1. The van der Waals surface area contributed by atoms with E-state index in [0.29, 0.717) is 5.56 Å². The van der Waals surface area contributed by atoms with E-state index in [-0.39, 0.29) is 5.54 Å². The number of fused-ring (bicyclic) bond motifs is 1. The van der Waals surface area contributed by atoms with E-state index >= 15 is 0 Å². The van der Waals surface area contributed by atoms with E-state index in [2.05, 4.69) is 53.7 Å². The highest BCUT2D eigenvalue weighted by Crippen LogP contribution is 2.31. The maximum Gasteiger partial charge on any atom is 0.128 e. The van der Waals surface area contributed by atoms with Crippen LogP contribution in [0.5, 0.6) is 0 Å². The number of nitrogens with zero attached hydrogens (tertiary/aromatic N) is 5. The van der Waals surface area contributed by atoms with E-state index in [1.165, 1.54) is 0 Å². The van der Waals surface area contributed by atoms with Crippen molar-refractivity contribution in [2.75, 3.05) is 18.0 Å². The summed E-state index contributed by atoms with van der Waals surface area (Å²) in [5.74, 6) is 7.14. The van der Waals surface area contributed by atoms with Gasteiger partial charge in [0.2, 0.25) is 0 Å². The number of nitrogens with two attached hydrogens (primary N) is 1. The van der Waals surface area contributed by atoms with E-state index in [4.69, 9.17) is 18.6 Å². The lowest BCUT2D eigenvalue weighted by atomic mass is 9.87. The minimum Gasteiger partial charge on any atom is -0.380 e. The van der Waals surface area contributed by atoms with Crippen LogP contribution in [0, 0.1) is 30.1 Å². The first-order chi connectivity index (χ1) is 19.4. The zero-order valence-corrected chi connectivity index (χ0v) is 24.1. The van der Waals surface area contributed by atoms with Crippen LogP contribution in [0.3, 0.4) is 0 Å². The average Bonchev–Trinajstić information content (AvgIpc) is 3.36. The third-order valence-electron chi connectivity index (χ3n) is 7.55. The van der Waals surface area contributed by atoms with Gasteiger partial charge in [0.25, 0.3) is 0 Å². The van der Waals surface area contributed by atoms with Gasteiger partial charge in [0.1, 0.15) is 19.7 Å². The summed E-state index contributed by atoms with van der Waals surface area (Å²) in [4.78, 5) is 7.13. The first-order valence-corrected chi connectivity index (χ1v) is 13.7. The molecule has 8 heteroatoms. The van der Waals surface area contributed by atoms with Gasteiger partial charge < -0.3 is 16.0 Å². The highest BCUT2D eigenvalue weighted by Gasteiger charge is 2.31. The molecule has 0 unspecified atom stereocenters. The van der Waals surface area contributed by atoms with Crippen molar-refractivity contribution < 1.29 is 0 Å². The second kappa shape index (κ2) is 10.8. The van der Waals surface area contributed by atoms with Crippen molar-refractivity contribution >= 4 is 30.3 Å². The van der Waals surface area contributed by atoms with Crippen LogP contribution < -0.4 is 21.4 Å². The van der Waals surface area contributed by atoms with Crippen molar-refractivity contribution in [3.8, 4) is 29.0 Å². The molecule has 5 rings (SSSR count). The molecule has 0 saturated carbocycles. The summed E-state index contributed by atoms with van der Waals surface area (Å²) >= 11 is 0. The van der Waals surface area contributed by atoms with Gasteiger partial charge >= 0.3 is 0 Å². The first-order valence-electron chi connectivity index (χ1n) is 13.7. The highest BCUT2D eigenvalue weighted by atomic mass is 15.2. The topological polar surface area (TPSA) is 95.3 Å². The van der Waals surface area contributed by atoms with Gasteiger partial charge in [-0.2, -0.15) is 10.4 Å². The molecule has 1 aromatic carbocycles. The molecule has 1 saturated heterocycles. The fourth-order valence-electron chi connectivity index (χ4n) is 5.21. The largest absolute Gasteiger partial charge is 0.380 e. The Morgan fingerprint density at radius 1 is 1.17 bits per heavy atom. The van der Waals surface area contributed by atoms with E-state index in [1.54, 1.807) is 10.7 Å². The SMILES string of the molecule is [B]c1ccc(C)c(C(=C)NC2(C)CCN(c3ccc(-c4cc(C#CC(C)(C)N)cn5ncc(C#N)c45)cn3)CC2)c1. The Labute approximate surface area is 243 Å². The number of hydrogen-bond acceptors (Lipinski definition) is 6. The summed E-state index contributed by atoms with van der Waals surface area (Å²) in [6, 6.07) is 14.2. The van der Waals surface area contributed by atoms with Gasteiger partial charge in [-0.25, -0.2) is 9.50 Å². The number of nitriles is 1. The standard InChI is InChI=1S/C33H34BN7/c1-22-6-8-27(34)17-28(22)23(2)39-33(5)12-14-40(15-13-33)30-9-7-25(19-37-30)29-16-24(10-11-32(3,4)36)21-41-31(29)26(18-35)20-38-41/h6-9,16-17,19-21,39H,2,12-15,36H2,1,3-5H3. The molecule has 1 fully saturated rings. The molecule has 1 aliphatic heterocycles. The molecule has 3 N–H and O–H groups in total. The fraction of sp³-hybridized carbons (Fsp3) is 0.303. The summed E-state index contributed by atoms with van der Waals surface area (Å²) in [7, 11) is 6.02. The Kier molecular flexibility index (Phi) is 7.38. The number of hydrogen-bond donors (Lipinski definition) is 2. The minimum atomic E-state index is -0.623. The van der Waals surface area contributed by atoms with Crippen LogP contribution >= 0.6 is 0 Å². The van der Waals surface area contributed by atoms with Crippen molar-refractivity contribution in [2.45, 2.75) is 51.6 Å². The molecule has 41 heavy (non-hydrogen) atoms. The number of anilines is 1. The fourth-order valence-corrected chi connectivity index (χ4v) is 5.21.